The van der Waals surface area contributed by atoms with E-state index in [9.17, 15) is 5.11 Å². The maximum Gasteiger partial charge on any atom is 0.165 e. The number of aromatic amines is 1. The molecule has 7 heteroatoms. The first-order valence-electron chi connectivity index (χ1n) is 9.21. The highest BCUT2D eigenvalue weighted by atomic mass is 16.3. The number of anilines is 1. The maximum absolute atomic E-state index is 10.1. The summed E-state index contributed by atoms with van der Waals surface area (Å²) in [6.07, 6.45) is 0. The van der Waals surface area contributed by atoms with Crippen molar-refractivity contribution in [3.8, 4) is 17.1 Å². The Hall–Kier alpha value is -2.93. The summed E-state index contributed by atoms with van der Waals surface area (Å²) in [5, 5.41) is 17.5. The monoisotopic (exact) mass is 364 g/mol. The Morgan fingerprint density at radius 3 is 2.52 bits per heavy atom. The van der Waals surface area contributed by atoms with Crippen molar-refractivity contribution in [2.45, 2.75) is 20.4 Å². The number of nitrogens with zero attached hydrogens (tertiary/aromatic N) is 5. The van der Waals surface area contributed by atoms with Gasteiger partial charge in [0.05, 0.1) is 11.3 Å². The molecule has 3 heterocycles. The second kappa shape index (κ2) is 7.36. The van der Waals surface area contributed by atoms with Gasteiger partial charge in [0.2, 0.25) is 0 Å². The van der Waals surface area contributed by atoms with Crippen molar-refractivity contribution in [2.24, 2.45) is 0 Å². The van der Waals surface area contributed by atoms with Gasteiger partial charge < -0.3 is 10.0 Å². The molecule has 0 atom stereocenters. The van der Waals surface area contributed by atoms with Crippen LogP contribution in [0, 0.1) is 13.8 Å². The minimum atomic E-state index is 0.202. The lowest BCUT2D eigenvalue weighted by Crippen LogP contribution is -2.46. The van der Waals surface area contributed by atoms with Gasteiger partial charge in [-0.3, -0.25) is 10.00 Å². The third-order valence-corrected chi connectivity index (χ3v) is 4.83. The zero-order valence-corrected chi connectivity index (χ0v) is 15.7. The van der Waals surface area contributed by atoms with Crippen LogP contribution in [0.2, 0.25) is 0 Å². The van der Waals surface area contributed by atoms with Crippen molar-refractivity contribution >= 4 is 5.82 Å². The first kappa shape index (κ1) is 17.5. The maximum atomic E-state index is 10.1. The van der Waals surface area contributed by atoms with Crippen LogP contribution in [0.15, 0.2) is 36.4 Å². The number of H-pyrrole nitrogens is 1. The number of benzene rings is 1. The summed E-state index contributed by atoms with van der Waals surface area (Å²) in [6.45, 7) is 8.57. The van der Waals surface area contributed by atoms with E-state index in [0.29, 0.717) is 11.4 Å². The summed E-state index contributed by atoms with van der Waals surface area (Å²) in [4.78, 5) is 13.9. The van der Waals surface area contributed by atoms with E-state index in [1.54, 1.807) is 12.1 Å². The van der Waals surface area contributed by atoms with E-state index >= 15 is 0 Å². The van der Waals surface area contributed by atoms with Crippen LogP contribution in [-0.4, -0.2) is 56.4 Å². The fraction of sp³-hybridized carbons (Fsp3) is 0.350. The molecule has 0 saturated carbocycles. The van der Waals surface area contributed by atoms with E-state index in [1.165, 1.54) is 0 Å². The third-order valence-electron chi connectivity index (χ3n) is 4.83. The molecule has 2 N–H and O–H groups in total. The van der Waals surface area contributed by atoms with Gasteiger partial charge in [-0.05, 0) is 32.0 Å². The molecule has 1 aliphatic rings. The SMILES string of the molecule is Cc1cc(N2CCN(Cc3cc(C)[nH]n3)CC2)nc(-c2ccccc2O)n1. The fourth-order valence-electron chi connectivity index (χ4n) is 3.42. The predicted molar refractivity (Wildman–Crippen MR) is 105 cm³/mol. The number of hydrogen-bond acceptors (Lipinski definition) is 6. The first-order chi connectivity index (χ1) is 13.1. The quantitative estimate of drug-likeness (QED) is 0.740. The largest absolute Gasteiger partial charge is 0.507 e. The van der Waals surface area contributed by atoms with E-state index in [2.05, 4.69) is 31.0 Å². The van der Waals surface area contributed by atoms with Gasteiger partial charge in [-0.1, -0.05) is 12.1 Å². The van der Waals surface area contributed by atoms with Crippen LogP contribution in [0.3, 0.4) is 0 Å². The van der Waals surface area contributed by atoms with Crippen LogP contribution in [-0.2, 0) is 6.54 Å². The number of nitrogens with one attached hydrogen (secondary N) is 1. The molecule has 0 spiro atoms. The number of phenols is 1. The lowest BCUT2D eigenvalue weighted by atomic mass is 10.2. The zero-order valence-electron chi connectivity index (χ0n) is 15.7. The Balaban J connectivity index is 1.47. The molecule has 4 rings (SSSR count). The molecule has 0 unspecified atom stereocenters. The highest BCUT2D eigenvalue weighted by Gasteiger charge is 2.20. The van der Waals surface area contributed by atoms with Crippen LogP contribution in [0.1, 0.15) is 17.1 Å². The number of piperazine rings is 1. The van der Waals surface area contributed by atoms with E-state index in [0.717, 1.165) is 55.6 Å². The lowest BCUT2D eigenvalue weighted by Gasteiger charge is -2.35. The molecule has 0 amide bonds. The Kier molecular flexibility index (Phi) is 4.77. The highest BCUT2D eigenvalue weighted by Crippen LogP contribution is 2.28. The standard InChI is InChI=1S/C20H24N6O/c1-14-12-19(22-20(21-14)17-5-3-4-6-18(17)27)26-9-7-25(8-10-26)13-16-11-15(2)23-24-16/h3-6,11-12,27H,7-10,13H2,1-2H3,(H,23,24). The number of hydrogen-bond donors (Lipinski definition) is 2. The molecular weight excluding hydrogens is 340 g/mol. The van der Waals surface area contributed by atoms with E-state index < -0.39 is 0 Å². The molecule has 1 aliphatic heterocycles. The van der Waals surface area contributed by atoms with Crippen LogP contribution < -0.4 is 4.90 Å². The van der Waals surface area contributed by atoms with E-state index in [1.807, 2.05) is 32.0 Å². The first-order valence-corrected chi connectivity index (χ1v) is 9.21. The van der Waals surface area contributed by atoms with Gasteiger partial charge in [0, 0.05) is 50.2 Å². The summed E-state index contributed by atoms with van der Waals surface area (Å²) < 4.78 is 0. The van der Waals surface area contributed by atoms with E-state index in [4.69, 9.17) is 4.98 Å². The molecule has 0 bridgehead atoms. The average molecular weight is 364 g/mol. The Morgan fingerprint density at radius 1 is 1.04 bits per heavy atom. The zero-order chi connectivity index (χ0) is 18.8. The van der Waals surface area contributed by atoms with E-state index in [-0.39, 0.29) is 5.75 Å². The van der Waals surface area contributed by atoms with Gasteiger partial charge in [0.1, 0.15) is 11.6 Å². The minimum absolute atomic E-state index is 0.202. The van der Waals surface area contributed by atoms with Crippen molar-refractivity contribution in [2.75, 3.05) is 31.1 Å². The number of phenolic OH excluding ortho intramolecular Hbond substituents is 1. The lowest BCUT2D eigenvalue weighted by molar-refractivity contribution is 0.246. The normalized spacial score (nSPS) is 15.3. The fourth-order valence-corrected chi connectivity index (χ4v) is 3.42. The van der Waals surface area contributed by atoms with Gasteiger partial charge in [0.25, 0.3) is 0 Å². The van der Waals surface area contributed by atoms with Gasteiger partial charge >= 0.3 is 0 Å². The minimum Gasteiger partial charge on any atom is -0.507 e. The van der Waals surface area contributed by atoms with Gasteiger partial charge in [-0.2, -0.15) is 5.10 Å². The van der Waals surface area contributed by atoms with Gasteiger partial charge in [-0.25, -0.2) is 9.97 Å². The molecule has 1 saturated heterocycles. The van der Waals surface area contributed by atoms with Crippen LogP contribution in [0.4, 0.5) is 5.82 Å². The molecule has 0 aliphatic carbocycles. The Bertz CT molecular complexity index is 930. The number of aromatic hydroxyl groups is 1. The van der Waals surface area contributed by atoms with Crippen LogP contribution in [0.25, 0.3) is 11.4 Å². The molecule has 1 fully saturated rings. The number of aryl methyl sites for hydroxylation is 2. The summed E-state index contributed by atoms with van der Waals surface area (Å²) in [7, 11) is 0. The Morgan fingerprint density at radius 2 is 1.81 bits per heavy atom. The Labute approximate surface area is 158 Å². The van der Waals surface area contributed by atoms with Crippen LogP contribution in [0.5, 0.6) is 5.75 Å². The molecule has 2 aromatic heterocycles. The molecule has 27 heavy (non-hydrogen) atoms. The second-order valence-electron chi connectivity index (χ2n) is 7.01. The van der Waals surface area contributed by atoms with Crippen molar-refractivity contribution in [3.63, 3.8) is 0 Å². The van der Waals surface area contributed by atoms with Gasteiger partial charge in [0.15, 0.2) is 5.82 Å². The van der Waals surface area contributed by atoms with Gasteiger partial charge in [-0.15, -0.1) is 0 Å². The highest BCUT2D eigenvalue weighted by molar-refractivity contribution is 5.65. The van der Waals surface area contributed by atoms with Crippen LogP contribution >= 0.6 is 0 Å². The van der Waals surface area contributed by atoms with Crippen molar-refractivity contribution in [3.05, 3.63) is 53.5 Å². The summed E-state index contributed by atoms with van der Waals surface area (Å²) >= 11 is 0. The van der Waals surface area contributed by atoms with Crippen molar-refractivity contribution in [1.82, 2.24) is 25.1 Å². The molecule has 140 valence electrons. The summed E-state index contributed by atoms with van der Waals surface area (Å²) in [5.74, 6) is 1.68. The number of para-hydroxylation sites is 1. The molecule has 0 radical (unpaired) electrons. The average Bonchev–Trinajstić information content (AvgIpc) is 3.07. The number of aromatic nitrogens is 4. The molecule has 1 aromatic carbocycles. The predicted octanol–water partition coefficient (Wildman–Crippen LogP) is 2.51. The van der Waals surface area contributed by atoms with Crippen molar-refractivity contribution < 1.29 is 5.11 Å². The molecule has 3 aromatic rings. The topological polar surface area (TPSA) is 81.2 Å². The summed E-state index contributed by atoms with van der Waals surface area (Å²) in [5.41, 5.74) is 3.74. The molecular formula is C20H24N6O. The molecule has 7 nitrogen and oxygen atoms in total. The smallest absolute Gasteiger partial charge is 0.165 e. The second-order valence-corrected chi connectivity index (χ2v) is 7.01. The third kappa shape index (κ3) is 3.93. The van der Waals surface area contributed by atoms with Crippen molar-refractivity contribution in [1.29, 1.82) is 0 Å². The number of rotatable bonds is 4. The summed E-state index contributed by atoms with van der Waals surface area (Å²) in [6, 6.07) is 11.3.